The molecule has 2 fully saturated rings. The molecule has 2 aromatic rings. The molecule has 0 aromatic heterocycles. The number of carbonyl (C=O) groups is 1. The molecule has 2 aliphatic heterocycles. The van der Waals surface area contributed by atoms with Crippen LogP contribution in [0.15, 0.2) is 30.3 Å². The first-order valence-corrected chi connectivity index (χ1v) is 9.30. The van der Waals surface area contributed by atoms with Crippen LogP contribution in [-0.4, -0.2) is 33.6 Å². The van der Waals surface area contributed by atoms with Crippen molar-refractivity contribution in [1.29, 1.82) is 0 Å². The van der Waals surface area contributed by atoms with E-state index in [9.17, 15) is 31.9 Å². The van der Waals surface area contributed by atoms with E-state index in [1.54, 1.807) is 0 Å². The second-order valence-corrected chi connectivity index (χ2v) is 7.90. The third kappa shape index (κ3) is 3.61. The average Bonchev–Trinajstić information content (AvgIpc) is 2.93. The van der Waals surface area contributed by atoms with Gasteiger partial charge >= 0.3 is 0 Å². The quantitative estimate of drug-likeness (QED) is 0.610. The molecule has 2 heterocycles. The van der Waals surface area contributed by atoms with E-state index in [4.69, 9.17) is 0 Å². The van der Waals surface area contributed by atoms with Crippen molar-refractivity contribution in [2.75, 3.05) is 0 Å². The van der Waals surface area contributed by atoms with Gasteiger partial charge in [0.1, 0.15) is 11.6 Å². The molecule has 2 saturated heterocycles. The van der Waals surface area contributed by atoms with E-state index in [1.807, 2.05) is 0 Å². The third-order valence-corrected chi connectivity index (χ3v) is 5.85. The molecule has 154 valence electrons. The van der Waals surface area contributed by atoms with Crippen molar-refractivity contribution in [3.05, 3.63) is 70.5 Å². The number of hydrogen-bond donors (Lipinski definition) is 1. The normalized spacial score (nSPS) is 26.1. The predicted molar refractivity (Wildman–Crippen MR) is 93.5 cm³/mol. The van der Waals surface area contributed by atoms with Crippen LogP contribution < -0.4 is 0 Å². The summed E-state index contributed by atoms with van der Waals surface area (Å²) in [5.41, 5.74) is -1.41. The van der Waals surface area contributed by atoms with E-state index in [-0.39, 0.29) is 30.4 Å². The summed E-state index contributed by atoms with van der Waals surface area (Å²) in [6, 6.07) is 3.68. The van der Waals surface area contributed by atoms with Gasteiger partial charge in [-0.1, -0.05) is 6.07 Å². The Kier molecular flexibility index (Phi) is 4.85. The predicted octanol–water partition coefficient (Wildman–Crippen LogP) is 4.12. The van der Waals surface area contributed by atoms with E-state index >= 15 is 0 Å². The fraction of sp³-hybridized carbons (Fsp3) is 0.381. The molecule has 1 amide bonds. The topological polar surface area (TPSA) is 40.5 Å². The Morgan fingerprint density at radius 3 is 2.10 bits per heavy atom. The van der Waals surface area contributed by atoms with Crippen molar-refractivity contribution in [2.24, 2.45) is 0 Å². The number of hydrogen-bond acceptors (Lipinski definition) is 2. The van der Waals surface area contributed by atoms with Gasteiger partial charge < -0.3 is 10.0 Å². The van der Waals surface area contributed by atoms with Gasteiger partial charge in [0.25, 0.3) is 5.91 Å². The minimum absolute atomic E-state index is 0.0338. The molecule has 2 atom stereocenters. The summed E-state index contributed by atoms with van der Waals surface area (Å²) in [4.78, 5) is 14.3. The monoisotopic (exact) mass is 411 g/mol. The fourth-order valence-corrected chi connectivity index (χ4v) is 4.65. The molecule has 2 aromatic carbocycles. The van der Waals surface area contributed by atoms with Crippen molar-refractivity contribution in [1.82, 2.24) is 4.90 Å². The summed E-state index contributed by atoms with van der Waals surface area (Å²) in [5, 5.41) is 11.0. The smallest absolute Gasteiger partial charge is 0.254 e. The lowest BCUT2D eigenvalue weighted by Crippen LogP contribution is -2.54. The number of benzene rings is 2. The van der Waals surface area contributed by atoms with Crippen LogP contribution in [0.5, 0.6) is 0 Å². The van der Waals surface area contributed by atoms with Gasteiger partial charge in [0, 0.05) is 30.1 Å². The van der Waals surface area contributed by atoms with Crippen LogP contribution >= 0.6 is 0 Å². The number of piperidine rings is 1. The Hall–Kier alpha value is -2.48. The number of fused-ring (bicyclic) bond motifs is 2. The lowest BCUT2D eigenvalue weighted by atomic mass is 9.81. The molecule has 2 aliphatic rings. The van der Waals surface area contributed by atoms with E-state index < -0.39 is 52.7 Å². The molecule has 8 heteroatoms. The molecule has 29 heavy (non-hydrogen) atoms. The van der Waals surface area contributed by atoms with Crippen molar-refractivity contribution >= 4 is 5.91 Å². The molecule has 1 N–H and O–H groups in total. The molecule has 0 radical (unpaired) electrons. The van der Waals surface area contributed by atoms with Gasteiger partial charge in [-0.3, -0.25) is 4.79 Å². The summed E-state index contributed by atoms with van der Waals surface area (Å²) in [6.45, 7) is 0. The number of amides is 1. The maximum Gasteiger partial charge on any atom is 0.254 e. The first kappa shape index (κ1) is 19.8. The molecule has 0 saturated carbocycles. The van der Waals surface area contributed by atoms with Gasteiger partial charge in [-0.25, -0.2) is 22.0 Å². The second-order valence-electron chi connectivity index (χ2n) is 7.90. The Balaban J connectivity index is 1.55. The number of carbonyl (C=O) groups excluding carboxylic acids is 1. The minimum Gasteiger partial charge on any atom is -0.389 e. The highest BCUT2D eigenvalue weighted by Crippen LogP contribution is 2.43. The number of rotatable bonds is 3. The molecule has 2 bridgehead atoms. The second kappa shape index (κ2) is 7.09. The zero-order valence-corrected chi connectivity index (χ0v) is 15.3. The van der Waals surface area contributed by atoms with Gasteiger partial charge in [-0.2, -0.15) is 0 Å². The van der Waals surface area contributed by atoms with Gasteiger partial charge in [0.15, 0.2) is 17.5 Å². The molecule has 3 nitrogen and oxygen atoms in total. The highest BCUT2D eigenvalue weighted by atomic mass is 19.2. The summed E-state index contributed by atoms with van der Waals surface area (Å²) in [6.07, 6.45) is 1.43. The van der Waals surface area contributed by atoms with Crippen LogP contribution in [0.2, 0.25) is 0 Å². The summed E-state index contributed by atoms with van der Waals surface area (Å²) in [5.74, 6) is -6.62. The maximum atomic E-state index is 14.0. The van der Waals surface area contributed by atoms with Crippen LogP contribution in [0.4, 0.5) is 22.0 Å². The van der Waals surface area contributed by atoms with Gasteiger partial charge in [-0.05, 0) is 49.4 Å². The number of aliphatic hydroxyl groups is 1. The van der Waals surface area contributed by atoms with Crippen LogP contribution in [0, 0.1) is 29.1 Å². The van der Waals surface area contributed by atoms with Crippen LogP contribution in [0.25, 0.3) is 0 Å². The van der Waals surface area contributed by atoms with Crippen molar-refractivity contribution in [3.8, 4) is 0 Å². The van der Waals surface area contributed by atoms with Crippen molar-refractivity contribution in [3.63, 3.8) is 0 Å². The molecular formula is C21H18F5NO2. The average molecular weight is 411 g/mol. The van der Waals surface area contributed by atoms with E-state index in [0.29, 0.717) is 25.0 Å². The third-order valence-electron chi connectivity index (χ3n) is 5.85. The Morgan fingerprint density at radius 2 is 1.55 bits per heavy atom. The van der Waals surface area contributed by atoms with Gasteiger partial charge in [0.05, 0.1) is 5.60 Å². The fourth-order valence-electron chi connectivity index (χ4n) is 4.65. The van der Waals surface area contributed by atoms with Gasteiger partial charge in [0.2, 0.25) is 0 Å². The number of nitrogens with zero attached hydrogens (tertiary/aromatic N) is 1. The summed E-state index contributed by atoms with van der Waals surface area (Å²) < 4.78 is 67.3. The van der Waals surface area contributed by atoms with Crippen molar-refractivity contribution < 1.29 is 31.9 Å². The zero-order chi connectivity index (χ0) is 20.9. The van der Waals surface area contributed by atoms with Gasteiger partial charge in [-0.15, -0.1) is 0 Å². The van der Waals surface area contributed by atoms with E-state index in [2.05, 4.69) is 0 Å². The molecule has 0 spiro atoms. The summed E-state index contributed by atoms with van der Waals surface area (Å²) in [7, 11) is 0. The SMILES string of the molecule is O=C(c1cc(F)c(F)c(F)c1)N1[C@H]2CC[C@H]1CC(O)(Cc1ccc(F)cc1F)C2. The largest absolute Gasteiger partial charge is 0.389 e. The van der Waals surface area contributed by atoms with Crippen LogP contribution in [0.3, 0.4) is 0 Å². The first-order chi connectivity index (χ1) is 13.7. The Labute approximate surface area is 163 Å². The maximum absolute atomic E-state index is 14.0. The highest BCUT2D eigenvalue weighted by Gasteiger charge is 2.49. The Morgan fingerprint density at radius 1 is 0.966 bits per heavy atom. The first-order valence-electron chi connectivity index (χ1n) is 9.30. The van der Waals surface area contributed by atoms with Crippen LogP contribution in [-0.2, 0) is 6.42 Å². The molecule has 4 rings (SSSR count). The zero-order valence-electron chi connectivity index (χ0n) is 15.3. The lowest BCUT2D eigenvalue weighted by molar-refractivity contribution is -0.0432. The Bertz CT molecular complexity index is 943. The van der Waals surface area contributed by atoms with Crippen molar-refractivity contribution in [2.45, 2.75) is 49.8 Å². The lowest BCUT2D eigenvalue weighted by Gasteiger charge is -2.44. The molecular weight excluding hydrogens is 393 g/mol. The summed E-state index contributed by atoms with van der Waals surface area (Å²) >= 11 is 0. The molecule has 0 unspecified atom stereocenters. The highest BCUT2D eigenvalue weighted by molar-refractivity contribution is 5.95. The molecule has 0 aliphatic carbocycles. The number of halogens is 5. The van der Waals surface area contributed by atoms with E-state index in [1.165, 1.54) is 11.0 Å². The van der Waals surface area contributed by atoms with Crippen LogP contribution in [0.1, 0.15) is 41.6 Å². The van der Waals surface area contributed by atoms with E-state index in [0.717, 1.165) is 12.1 Å². The standard InChI is InChI=1S/C21H18F5NO2/c22-13-2-1-11(16(23)7-13)8-21(29)9-14-3-4-15(10-21)27(14)20(28)12-5-17(24)19(26)18(25)6-12/h1-2,5-7,14-15,29H,3-4,8-10H2/t14-,15-/m0/s1. The minimum atomic E-state index is -1.64.